The van der Waals surface area contributed by atoms with Crippen LogP contribution in [0, 0.1) is 48.5 Å². The Morgan fingerprint density at radius 2 is 0.427 bits per heavy atom. The molecule has 60 heteroatoms. The molecule has 0 aliphatic rings. The predicted octanol–water partition coefficient (Wildman–Crippen LogP) is -16.4. The molecular formula is C83H113N31O29. The number of rotatable bonds is 54. The number of nitrogens with one attached hydrogen (secondary N) is 14. The number of carbonyl (C=O) groups is 15. The van der Waals surface area contributed by atoms with Crippen LogP contribution in [-0.2, 0) is 118 Å². The first-order valence-electron chi connectivity index (χ1n) is 44.2. The molecule has 0 bridgehead atoms. The number of nitrogens with two attached hydrogens (primary N) is 3. The van der Waals surface area contributed by atoms with Gasteiger partial charge >= 0.3 is 39.8 Å². The van der Waals surface area contributed by atoms with Gasteiger partial charge in [-0.25, -0.2) is 33.6 Å². The first-order valence-corrected chi connectivity index (χ1v) is 44.2. The molecule has 0 aliphatic heterocycles. The number of hydrogen-bond donors (Lipinski definition) is 17. The van der Waals surface area contributed by atoms with E-state index >= 15 is 0 Å². The van der Waals surface area contributed by atoms with Crippen LogP contribution >= 0.6 is 0 Å². The molecule has 7 rings (SSSR count). The van der Waals surface area contributed by atoms with Gasteiger partial charge in [-0.3, -0.25) is 172 Å². The smallest absolute Gasteiger partial charge is 0.328 e. The zero-order valence-corrected chi connectivity index (χ0v) is 79.1. The quantitative estimate of drug-likeness (QED) is 0.0157. The molecule has 0 aliphatic carbocycles. The van der Waals surface area contributed by atoms with E-state index in [1.54, 1.807) is 0 Å². The van der Waals surface area contributed by atoms with E-state index in [0.29, 0.717) is 12.8 Å². The van der Waals surface area contributed by atoms with Crippen LogP contribution in [0.3, 0.4) is 0 Å². The molecular weight excluding hydrogens is 1900 g/mol. The van der Waals surface area contributed by atoms with Gasteiger partial charge in [-0.2, -0.15) is 0 Å². The van der Waals surface area contributed by atoms with E-state index in [-0.39, 0.29) is 65.0 Å². The van der Waals surface area contributed by atoms with Crippen LogP contribution in [0.5, 0.6) is 0 Å². The summed E-state index contributed by atoms with van der Waals surface area (Å²) in [5.41, 5.74) is 4.24. The van der Waals surface area contributed by atoms with Gasteiger partial charge < -0.3 is 88.7 Å². The maximum atomic E-state index is 14.3. The maximum Gasteiger partial charge on any atom is 0.328 e. The minimum atomic E-state index is -1.20. The molecule has 7 heterocycles. The van der Waals surface area contributed by atoms with E-state index in [1.807, 2.05) is 29.9 Å². The normalized spacial score (nSPS) is 11.1. The summed E-state index contributed by atoms with van der Waals surface area (Å²) in [5.74, 6) is -14.2. The van der Waals surface area contributed by atoms with Crippen molar-refractivity contribution in [2.24, 2.45) is 17.2 Å². The summed E-state index contributed by atoms with van der Waals surface area (Å²) in [4.78, 5) is 404. The fourth-order valence-electron chi connectivity index (χ4n) is 13.6. The Morgan fingerprint density at radius 1 is 0.259 bits per heavy atom. The van der Waals surface area contributed by atoms with Crippen molar-refractivity contribution in [3.8, 4) is 0 Å². The van der Waals surface area contributed by atoms with Crippen LogP contribution in [0.1, 0.15) is 58.2 Å². The van der Waals surface area contributed by atoms with E-state index < -0.39 is 344 Å². The third-order valence-corrected chi connectivity index (χ3v) is 21.5. The summed E-state index contributed by atoms with van der Waals surface area (Å²) in [6.07, 6.45) is 8.35. The highest BCUT2D eigenvalue weighted by Gasteiger charge is 2.30. The average molecular weight is 2010 g/mol. The lowest BCUT2D eigenvalue weighted by Gasteiger charge is -2.26. The Hall–Kier alpha value is -17.3. The molecule has 60 nitrogen and oxygen atoms in total. The second-order valence-electron chi connectivity index (χ2n) is 32.8. The van der Waals surface area contributed by atoms with E-state index in [4.69, 9.17) is 17.2 Å². The topological polar surface area (TPSA) is 825 Å². The number of nitrogens with zero attached hydrogens (tertiary/aromatic N) is 14. The van der Waals surface area contributed by atoms with E-state index in [0.717, 1.165) is 110 Å². The molecule has 0 radical (unpaired) electrons. The molecule has 7 aromatic heterocycles. The molecule has 0 aromatic carbocycles. The number of primary amides is 1. The molecule has 1 atom stereocenters. The number of aromatic amines is 7. The van der Waals surface area contributed by atoms with Crippen LogP contribution in [0.15, 0.2) is 111 Å². The Morgan fingerprint density at radius 3 is 0.587 bits per heavy atom. The predicted molar refractivity (Wildman–Crippen MR) is 500 cm³/mol. The molecule has 20 N–H and O–H groups in total. The van der Waals surface area contributed by atoms with Crippen LogP contribution in [0.4, 0.5) is 0 Å². The SMILES string of the molecule is Cc1cn(CC(=O)N(CCN)CC(=O)NCCN(CC(=O)NCCN(CC(=O)NCCN(CC(=O)NCCN(CC(=O)NCCN(CC(=O)NCCN(CC(=O)N[C@@H](CCCCN)C(N)=O)C(=O)Cn2cc(C)c(=O)[nH]c2=O)C(=O)Cn2cc(C)c(=O)[nH]c2=O)C(=O)Cn2cc(C)c(=O)[nH]c2=O)C(=O)Cn2cc(C)c(=O)[nH]c2=O)C(=O)Cn2cc(C)c(=O)[nH]c2=O)C(=O)Cn2cc(C)c(=O)[nH]c2=O)c(=O)[nH]c1=O. The lowest BCUT2D eigenvalue weighted by Crippen LogP contribution is -2.51. The summed E-state index contributed by atoms with van der Waals surface area (Å²) in [6.45, 7) is -8.72. The molecule has 143 heavy (non-hydrogen) atoms. The van der Waals surface area contributed by atoms with Gasteiger partial charge in [0.1, 0.15) is 51.9 Å². The summed E-state index contributed by atoms with van der Waals surface area (Å²) >= 11 is 0. The molecule has 0 spiro atoms. The zero-order chi connectivity index (χ0) is 106. The monoisotopic (exact) mass is 2010 g/mol. The third-order valence-electron chi connectivity index (χ3n) is 21.5. The average Bonchev–Trinajstić information content (AvgIpc) is 0.863. The van der Waals surface area contributed by atoms with Crippen molar-refractivity contribution < 1.29 is 71.9 Å². The van der Waals surface area contributed by atoms with E-state index in [2.05, 4.69) is 42.2 Å². The van der Waals surface area contributed by atoms with Crippen LogP contribution in [-0.4, -0.2) is 340 Å². The molecule has 7 aromatic rings. The minimum absolute atomic E-state index is 0.0104. The van der Waals surface area contributed by atoms with Gasteiger partial charge in [-0.15, -0.1) is 0 Å². The van der Waals surface area contributed by atoms with Gasteiger partial charge in [0.25, 0.3) is 38.9 Å². The first-order chi connectivity index (χ1) is 67.5. The standard InChI is InChI=1S/C83H113N31O29/c1-47-26-108(77(137)94-70(47)130)40-62(122)101(19-12-85)33-55(115)87-13-20-102(63(123)41-109-27-48(2)71(131)95-78(109)138)34-56(116)88-14-21-103(64(124)42-110-28-49(3)72(132)96-79(110)139)35-57(117)89-15-22-104(65(125)43-111-29-50(4)73(133)97-80(111)140)36-58(118)90-16-23-105(66(126)44-112-30-51(5)74(134)98-81(112)141)37-59(119)91-17-24-106(67(127)45-113-31-52(6)75(135)99-82(113)142)38-60(120)92-18-25-107(39-61(121)93-54(69(86)129)10-8-9-11-84)68(128)46-114-32-53(7)76(136)100-83(114)143/h26-32,54H,8-25,33-46,84-85H2,1-7H3,(H2,86,129)(H,87,115)(H,88,116)(H,89,117)(H,90,118)(H,91,119)(H,92,120)(H,93,121)(H,94,130,137)(H,95,131,138)(H,96,132,139)(H,97,133,140)(H,98,134,141)(H,99,135,142)(H,100,136,143)/t54-/m0/s1. The van der Waals surface area contributed by atoms with Gasteiger partial charge in [-0.1, -0.05) is 0 Å². The van der Waals surface area contributed by atoms with Gasteiger partial charge in [0, 0.05) is 174 Å². The molecule has 0 saturated heterocycles. The maximum absolute atomic E-state index is 14.3. The number of aromatic nitrogens is 14. The molecule has 0 unspecified atom stereocenters. The van der Waals surface area contributed by atoms with Crippen LogP contribution in [0.25, 0.3) is 0 Å². The van der Waals surface area contributed by atoms with Crippen LogP contribution in [0.2, 0.25) is 0 Å². The van der Waals surface area contributed by atoms with Crippen molar-refractivity contribution in [1.82, 2.24) is 138 Å². The molecule has 15 amide bonds. The number of unbranched alkanes of at least 4 members (excludes halogenated alkanes) is 1. The van der Waals surface area contributed by atoms with Crippen molar-refractivity contribution >= 4 is 88.6 Å². The van der Waals surface area contributed by atoms with Crippen molar-refractivity contribution in [1.29, 1.82) is 0 Å². The third kappa shape index (κ3) is 35.3. The molecule has 0 saturated carbocycles. The van der Waals surface area contributed by atoms with Crippen LogP contribution < -0.4 is 133 Å². The second kappa shape index (κ2) is 53.6. The molecule has 0 fully saturated rings. The number of carbonyl (C=O) groups excluding carboxylic acids is 15. The lowest BCUT2D eigenvalue weighted by atomic mass is 10.1. The number of hydrogen-bond acceptors (Lipinski definition) is 31. The minimum Gasteiger partial charge on any atom is -0.368 e. The van der Waals surface area contributed by atoms with Gasteiger partial charge in [0.05, 0.1) is 45.8 Å². The number of aryl methyl sites for hydroxylation is 7. The lowest BCUT2D eigenvalue weighted by molar-refractivity contribution is -0.138. The van der Waals surface area contributed by atoms with Crippen molar-refractivity contribution in [2.45, 2.75) is 120 Å². The second-order valence-corrected chi connectivity index (χ2v) is 32.8. The summed E-state index contributed by atoms with van der Waals surface area (Å²) < 4.78 is 5.74. The van der Waals surface area contributed by atoms with E-state index in [1.165, 1.54) is 48.5 Å². The van der Waals surface area contributed by atoms with Crippen molar-refractivity contribution in [3.05, 3.63) is 228 Å². The Kier molecular flexibility index (Phi) is 42.3. The zero-order valence-electron chi connectivity index (χ0n) is 79.1. The number of H-pyrrole nitrogens is 7. The number of amides is 15. The fourth-order valence-corrected chi connectivity index (χ4v) is 13.6. The highest BCUT2D eigenvalue weighted by Crippen LogP contribution is 2.07. The van der Waals surface area contributed by atoms with E-state index in [9.17, 15) is 139 Å². The molecule has 774 valence electrons. The Bertz CT molecular complexity index is 6870. The van der Waals surface area contributed by atoms with Gasteiger partial charge in [-0.05, 0) is 74.3 Å². The highest BCUT2D eigenvalue weighted by molar-refractivity contribution is 5.91. The first kappa shape index (κ1) is 113. The highest BCUT2D eigenvalue weighted by atomic mass is 16.2. The van der Waals surface area contributed by atoms with Crippen molar-refractivity contribution in [3.63, 3.8) is 0 Å². The largest absolute Gasteiger partial charge is 0.368 e. The Labute approximate surface area is 804 Å². The summed E-state index contributed by atoms with van der Waals surface area (Å²) in [7, 11) is 0. The van der Waals surface area contributed by atoms with Gasteiger partial charge in [0.2, 0.25) is 88.6 Å². The summed E-state index contributed by atoms with van der Waals surface area (Å²) in [6, 6.07) is -1.20. The Balaban J connectivity index is 1.06. The fraction of sp³-hybridized carbons (Fsp3) is 0.482. The van der Waals surface area contributed by atoms with Gasteiger partial charge in [0.15, 0.2) is 0 Å². The summed E-state index contributed by atoms with van der Waals surface area (Å²) in [5, 5.41) is 17.3. The van der Waals surface area contributed by atoms with Crippen molar-refractivity contribution in [2.75, 3.05) is 144 Å².